The van der Waals surface area contributed by atoms with Crippen LogP contribution in [-0.4, -0.2) is 37.6 Å². The number of primary amides is 1. The van der Waals surface area contributed by atoms with Crippen LogP contribution in [0, 0.1) is 6.92 Å². The maximum atomic E-state index is 12.8. The van der Waals surface area contributed by atoms with E-state index in [4.69, 9.17) is 5.73 Å². The Bertz CT molecular complexity index is 1010. The fourth-order valence-corrected chi connectivity index (χ4v) is 4.84. The summed E-state index contributed by atoms with van der Waals surface area (Å²) in [6, 6.07) is 10.8. The smallest absolute Gasteiger partial charge is 0.255 e. The van der Waals surface area contributed by atoms with Crippen LogP contribution in [0.15, 0.2) is 47.4 Å². The Morgan fingerprint density at radius 2 is 1.75 bits per heavy atom. The van der Waals surface area contributed by atoms with Gasteiger partial charge >= 0.3 is 0 Å². The fraction of sp³-hybridized carbons (Fsp3) is 0.300. The number of hydrogen-bond acceptors (Lipinski definition) is 4. The summed E-state index contributed by atoms with van der Waals surface area (Å²) in [7, 11) is -3.61. The number of rotatable bonds is 5. The summed E-state index contributed by atoms with van der Waals surface area (Å²) in [5, 5.41) is 2.72. The minimum atomic E-state index is -3.61. The van der Waals surface area contributed by atoms with Crippen molar-refractivity contribution in [1.29, 1.82) is 0 Å². The lowest BCUT2D eigenvalue weighted by Gasteiger charge is -2.26. The number of anilines is 1. The second kappa shape index (κ2) is 8.12. The molecular weight excluding hydrogens is 378 g/mol. The van der Waals surface area contributed by atoms with Crippen LogP contribution in [0.25, 0.3) is 0 Å². The van der Waals surface area contributed by atoms with E-state index in [0.29, 0.717) is 29.9 Å². The summed E-state index contributed by atoms with van der Waals surface area (Å²) < 4.78 is 27.1. The van der Waals surface area contributed by atoms with Crippen molar-refractivity contribution >= 4 is 27.5 Å². The van der Waals surface area contributed by atoms with Crippen LogP contribution < -0.4 is 11.1 Å². The molecule has 1 aliphatic heterocycles. The zero-order valence-electron chi connectivity index (χ0n) is 15.6. The van der Waals surface area contributed by atoms with E-state index in [0.717, 1.165) is 19.3 Å². The van der Waals surface area contributed by atoms with Crippen LogP contribution in [0.3, 0.4) is 0 Å². The molecule has 1 fully saturated rings. The highest BCUT2D eigenvalue weighted by atomic mass is 32.2. The summed E-state index contributed by atoms with van der Waals surface area (Å²) in [4.78, 5) is 24.0. The summed E-state index contributed by atoms with van der Waals surface area (Å²) in [6.07, 6.45) is 2.72. The first kappa shape index (κ1) is 20.0. The number of carbonyl (C=O) groups is 2. The van der Waals surface area contributed by atoms with Gasteiger partial charge in [0, 0.05) is 29.9 Å². The second-order valence-corrected chi connectivity index (χ2v) is 8.78. The van der Waals surface area contributed by atoms with Gasteiger partial charge in [-0.15, -0.1) is 0 Å². The van der Waals surface area contributed by atoms with Gasteiger partial charge in [-0.25, -0.2) is 8.42 Å². The van der Waals surface area contributed by atoms with E-state index in [2.05, 4.69) is 5.32 Å². The number of piperidine rings is 1. The van der Waals surface area contributed by atoms with Crippen molar-refractivity contribution in [3.63, 3.8) is 0 Å². The zero-order valence-corrected chi connectivity index (χ0v) is 16.5. The van der Waals surface area contributed by atoms with Gasteiger partial charge in [0.2, 0.25) is 15.9 Å². The molecule has 2 aromatic carbocycles. The number of aryl methyl sites for hydroxylation is 1. The lowest BCUT2D eigenvalue weighted by atomic mass is 10.1. The number of carbonyl (C=O) groups excluding carboxylic acids is 2. The third-order valence-electron chi connectivity index (χ3n) is 4.80. The van der Waals surface area contributed by atoms with Crippen molar-refractivity contribution in [2.75, 3.05) is 18.4 Å². The number of nitrogens with zero attached hydrogens (tertiary/aromatic N) is 1. The molecule has 7 nitrogen and oxygen atoms in total. The molecule has 28 heavy (non-hydrogen) atoms. The van der Waals surface area contributed by atoms with Crippen molar-refractivity contribution in [1.82, 2.24) is 4.31 Å². The largest absolute Gasteiger partial charge is 0.366 e. The van der Waals surface area contributed by atoms with Gasteiger partial charge in [0.05, 0.1) is 4.90 Å². The van der Waals surface area contributed by atoms with Gasteiger partial charge in [-0.1, -0.05) is 12.5 Å². The highest BCUT2D eigenvalue weighted by Crippen LogP contribution is 2.22. The third-order valence-corrected chi connectivity index (χ3v) is 6.69. The van der Waals surface area contributed by atoms with Crippen molar-refractivity contribution in [2.24, 2.45) is 5.73 Å². The van der Waals surface area contributed by atoms with Crippen LogP contribution in [0.2, 0.25) is 0 Å². The van der Waals surface area contributed by atoms with Crippen LogP contribution >= 0.6 is 0 Å². The Kier molecular flexibility index (Phi) is 5.81. The van der Waals surface area contributed by atoms with Crippen LogP contribution in [0.1, 0.15) is 45.5 Å². The Morgan fingerprint density at radius 1 is 1.04 bits per heavy atom. The Balaban J connectivity index is 1.81. The lowest BCUT2D eigenvalue weighted by Crippen LogP contribution is -2.35. The predicted molar refractivity (Wildman–Crippen MR) is 107 cm³/mol. The number of amides is 2. The lowest BCUT2D eigenvalue weighted by molar-refractivity contribution is 0.0997. The molecule has 3 N–H and O–H groups in total. The molecule has 0 aliphatic carbocycles. The summed E-state index contributed by atoms with van der Waals surface area (Å²) >= 11 is 0. The Hall–Kier alpha value is -2.71. The van der Waals surface area contributed by atoms with E-state index in [1.807, 2.05) is 0 Å². The van der Waals surface area contributed by atoms with Crippen molar-refractivity contribution < 1.29 is 18.0 Å². The molecule has 2 aromatic rings. The van der Waals surface area contributed by atoms with Gasteiger partial charge in [-0.2, -0.15) is 4.31 Å². The van der Waals surface area contributed by atoms with E-state index in [9.17, 15) is 18.0 Å². The SMILES string of the molecule is Cc1cc(NC(=O)c2cccc(S(=O)(=O)N3CCCCC3)c2)ccc1C(N)=O. The number of hydrogen-bond donors (Lipinski definition) is 2. The van der Waals surface area contributed by atoms with Gasteiger partial charge in [-0.3, -0.25) is 9.59 Å². The number of sulfonamides is 1. The Morgan fingerprint density at radius 3 is 2.39 bits per heavy atom. The summed E-state index contributed by atoms with van der Waals surface area (Å²) in [5.74, 6) is -0.965. The minimum Gasteiger partial charge on any atom is -0.366 e. The van der Waals surface area contributed by atoms with Crippen LogP contribution in [0.5, 0.6) is 0 Å². The molecule has 0 unspecified atom stereocenters. The molecule has 0 radical (unpaired) electrons. The van der Waals surface area contributed by atoms with Gasteiger partial charge in [0.25, 0.3) is 5.91 Å². The topological polar surface area (TPSA) is 110 Å². The van der Waals surface area contributed by atoms with E-state index in [1.54, 1.807) is 37.3 Å². The highest BCUT2D eigenvalue weighted by molar-refractivity contribution is 7.89. The fourth-order valence-electron chi connectivity index (χ4n) is 3.27. The standard InChI is InChI=1S/C20H23N3O4S/c1-14-12-16(8-9-18(14)19(21)24)22-20(25)15-6-5-7-17(13-15)28(26,27)23-10-3-2-4-11-23/h5-9,12-13H,2-4,10-11H2,1H3,(H2,21,24)(H,22,25). The van der Waals surface area contributed by atoms with Gasteiger partial charge < -0.3 is 11.1 Å². The highest BCUT2D eigenvalue weighted by Gasteiger charge is 2.26. The van der Waals surface area contributed by atoms with Crippen molar-refractivity contribution in [2.45, 2.75) is 31.1 Å². The van der Waals surface area contributed by atoms with Crippen LogP contribution in [-0.2, 0) is 10.0 Å². The molecule has 0 spiro atoms. The second-order valence-electron chi connectivity index (χ2n) is 6.84. The molecule has 148 valence electrons. The molecule has 0 atom stereocenters. The predicted octanol–water partition coefficient (Wildman–Crippen LogP) is 2.52. The van der Waals surface area contributed by atoms with E-state index in [1.165, 1.54) is 16.4 Å². The Labute approximate surface area is 164 Å². The normalized spacial score (nSPS) is 15.2. The first-order valence-corrected chi connectivity index (χ1v) is 10.5. The molecule has 0 saturated carbocycles. The number of nitrogens with one attached hydrogen (secondary N) is 1. The summed E-state index contributed by atoms with van der Waals surface area (Å²) in [6.45, 7) is 2.73. The molecule has 0 bridgehead atoms. The third kappa shape index (κ3) is 4.23. The molecule has 1 aliphatic rings. The first-order chi connectivity index (χ1) is 13.3. The molecule has 2 amide bonds. The van der Waals surface area contributed by atoms with E-state index >= 15 is 0 Å². The maximum absolute atomic E-state index is 12.8. The average molecular weight is 401 g/mol. The molecular formula is C20H23N3O4S. The quantitative estimate of drug-likeness (QED) is 0.802. The minimum absolute atomic E-state index is 0.113. The molecule has 8 heteroatoms. The van der Waals surface area contributed by atoms with E-state index in [-0.39, 0.29) is 10.5 Å². The molecule has 3 rings (SSSR count). The molecule has 1 saturated heterocycles. The number of benzene rings is 2. The maximum Gasteiger partial charge on any atom is 0.255 e. The molecule has 1 heterocycles. The van der Waals surface area contributed by atoms with Gasteiger partial charge in [0.15, 0.2) is 0 Å². The van der Waals surface area contributed by atoms with Gasteiger partial charge in [0.1, 0.15) is 0 Å². The average Bonchev–Trinajstić information content (AvgIpc) is 2.68. The first-order valence-electron chi connectivity index (χ1n) is 9.11. The van der Waals surface area contributed by atoms with Gasteiger partial charge in [-0.05, 0) is 61.7 Å². The summed E-state index contributed by atoms with van der Waals surface area (Å²) in [5.41, 5.74) is 7.06. The molecule has 0 aromatic heterocycles. The number of nitrogens with two attached hydrogens (primary N) is 1. The van der Waals surface area contributed by atoms with Crippen LogP contribution in [0.4, 0.5) is 5.69 Å². The van der Waals surface area contributed by atoms with Crippen molar-refractivity contribution in [3.8, 4) is 0 Å². The van der Waals surface area contributed by atoms with Crippen molar-refractivity contribution in [3.05, 3.63) is 59.2 Å². The zero-order chi connectivity index (χ0) is 20.3. The van der Waals surface area contributed by atoms with E-state index < -0.39 is 21.8 Å². The monoisotopic (exact) mass is 401 g/mol.